The molecule has 7 nitrogen and oxygen atoms in total. The molecule has 0 unspecified atom stereocenters. The molecular formula is C8H12N4O3. The number of carbonyl (C=O) groups is 2. The third kappa shape index (κ3) is 2.76. The number of carbonyl (C=O) groups excluding carboxylic acids is 2. The number of amides is 1. The van der Waals surface area contributed by atoms with Gasteiger partial charge in [-0.1, -0.05) is 0 Å². The maximum absolute atomic E-state index is 11.2. The lowest BCUT2D eigenvalue weighted by atomic mass is 10.2. The number of ether oxygens (including phenoxy) is 1. The van der Waals surface area contributed by atoms with E-state index in [1.807, 2.05) is 0 Å². The summed E-state index contributed by atoms with van der Waals surface area (Å²) in [7, 11) is 0. The monoisotopic (exact) mass is 212 g/mol. The Morgan fingerprint density at radius 2 is 2.40 bits per heavy atom. The Bertz CT molecular complexity index is 337. The van der Waals surface area contributed by atoms with Gasteiger partial charge in [0.15, 0.2) is 0 Å². The van der Waals surface area contributed by atoms with E-state index in [0.29, 0.717) is 5.71 Å². The summed E-state index contributed by atoms with van der Waals surface area (Å²) in [4.78, 5) is 22.3. The van der Waals surface area contributed by atoms with Gasteiger partial charge in [-0.25, -0.2) is 0 Å². The van der Waals surface area contributed by atoms with Crippen LogP contribution in [0, 0.1) is 5.41 Å². The zero-order valence-electron chi connectivity index (χ0n) is 8.32. The average Bonchev–Trinajstić information content (AvgIpc) is 2.47. The van der Waals surface area contributed by atoms with Crippen LogP contribution < -0.4 is 5.73 Å². The van der Waals surface area contributed by atoms with Gasteiger partial charge in [-0.15, -0.1) is 0 Å². The second-order valence-electron chi connectivity index (χ2n) is 2.92. The lowest BCUT2D eigenvalue weighted by Gasteiger charge is -2.06. The molecular weight excluding hydrogens is 200 g/mol. The topological polar surface area (TPSA) is 109 Å². The highest BCUT2D eigenvalue weighted by Crippen LogP contribution is 2.10. The number of esters is 1. The second kappa shape index (κ2) is 4.54. The Morgan fingerprint density at radius 3 is 2.87 bits per heavy atom. The van der Waals surface area contributed by atoms with Crippen LogP contribution in [-0.4, -0.2) is 35.2 Å². The highest BCUT2D eigenvalue weighted by Gasteiger charge is 2.27. The van der Waals surface area contributed by atoms with Gasteiger partial charge in [0.05, 0.1) is 25.2 Å². The summed E-state index contributed by atoms with van der Waals surface area (Å²) < 4.78 is 4.70. The summed E-state index contributed by atoms with van der Waals surface area (Å²) in [6.45, 7) is 1.98. The molecule has 0 fully saturated rings. The first-order chi connectivity index (χ1) is 7.04. The minimum Gasteiger partial charge on any atom is -0.466 e. The molecule has 0 saturated carbocycles. The summed E-state index contributed by atoms with van der Waals surface area (Å²) in [5, 5.41) is 11.5. The molecule has 1 aliphatic rings. The van der Waals surface area contributed by atoms with E-state index in [-0.39, 0.29) is 19.4 Å². The van der Waals surface area contributed by atoms with Gasteiger partial charge in [-0.2, -0.15) is 10.1 Å². The Balaban J connectivity index is 2.59. The fraction of sp³-hybridized carbons (Fsp3) is 0.500. The minimum absolute atomic E-state index is 0.0123. The first kappa shape index (κ1) is 11.2. The first-order valence-corrected chi connectivity index (χ1v) is 4.43. The van der Waals surface area contributed by atoms with Gasteiger partial charge in [0, 0.05) is 0 Å². The van der Waals surface area contributed by atoms with Crippen molar-refractivity contribution in [1.82, 2.24) is 5.01 Å². The van der Waals surface area contributed by atoms with Crippen LogP contribution in [0.1, 0.15) is 19.8 Å². The molecule has 0 saturated heterocycles. The number of rotatable bonds is 3. The standard InChI is InChI=1S/C8H12N4O3/c1-2-15-7(14)4-5-3-6(13)12(11-5)8(9)10/h2-4H2,1H3,(H3,9,10). The maximum Gasteiger partial charge on any atom is 0.311 e. The zero-order valence-corrected chi connectivity index (χ0v) is 8.32. The van der Waals surface area contributed by atoms with Crippen LogP contribution in [0.15, 0.2) is 5.10 Å². The molecule has 7 heteroatoms. The molecule has 1 amide bonds. The quantitative estimate of drug-likeness (QED) is 0.370. The molecule has 1 rings (SSSR count). The van der Waals surface area contributed by atoms with Crippen molar-refractivity contribution in [3.63, 3.8) is 0 Å². The Labute approximate surface area is 86.4 Å². The van der Waals surface area contributed by atoms with Crippen molar-refractivity contribution in [2.45, 2.75) is 19.8 Å². The first-order valence-electron chi connectivity index (χ1n) is 4.43. The van der Waals surface area contributed by atoms with E-state index in [1.54, 1.807) is 6.92 Å². The Kier molecular flexibility index (Phi) is 3.37. The van der Waals surface area contributed by atoms with Crippen LogP contribution >= 0.6 is 0 Å². The van der Waals surface area contributed by atoms with Crippen molar-refractivity contribution in [2.24, 2.45) is 10.8 Å². The van der Waals surface area contributed by atoms with Crippen molar-refractivity contribution in [3.05, 3.63) is 0 Å². The summed E-state index contributed by atoms with van der Waals surface area (Å²) in [5.41, 5.74) is 5.47. The number of guanidine groups is 1. The summed E-state index contributed by atoms with van der Waals surface area (Å²) in [5.74, 6) is -1.28. The molecule has 1 heterocycles. The van der Waals surface area contributed by atoms with Gasteiger partial charge >= 0.3 is 5.97 Å². The van der Waals surface area contributed by atoms with Crippen LogP contribution in [0.5, 0.6) is 0 Å². The Morgan fingerprint density at radius 1 is 1.73 bits per heavy atom. The molecule has 1 aliphatic heterocycles. The van der Waals surface area contributed by atoms with Crippen LogP contribution in [0.2, 0.25) is 0 Å². The van der Waals surface area contributed by atoms with Crippen LogP contribution in [0.25, 0.3) is 0 Å². The van der Waals surface area contributed by atoms with E-state index < -0.39 is 17.8 Å². The SMILES string of the molecule is CCOC(=O)CC1=NN(C(=N)N)C(=O)C1. The van der Waals surface area contributed by atoms with Gasteiger partial charge in [-0.3, -0.25) is 15.0 Å². The summed E-state index contributed by atoms with van der Waals surface area (Å²) >= 11 is 0. The van der Waals surface area contributed by atoms with Crippen molar-refractivity contribution >= 4 is 23.5 Å². The summed E-state index contributed by atoms with van der Waals surface area (Å²) in [6.07, 6.45) is -0.0260. The van der Waals surface area contributed by atoms with Crippen molar-refractivity contribution in [3.8, 4) is 0 Å². The predicted octanol–water partition coefficient (Wildman–Crippen LogP) is -0.579. The van der Waals surface area contributed by atoms with Crippen molar-refractivity contribution < 1.29 is 14.3 Å². The normalized spacial score (nSPS) is 15.1. The smallest absolute Gasteiger partial charge is 0.311 e. The van der Waals surface area contributed by atoms with Gasteiger partial charge in [0.2, 0.25) is 5.96 Å². The number of hydrogen-bond acceptors (Lipinski definition) is 5. The molecule has 0 aliphatic carbocycles. The third-order valence-corrected chi connectivity index (χ3v) is 1.71. The van der Waals surface area contributed by atoms with E-state index in [9.17, 15) is 9.59 Å². The molecule has 0 aromatic heterocycles. The van der Waals surface area contributed by atoms with Gasteiger partial charge < -0.3 is 10.5 Å². The van der Waals surface area contributed by atoms with E-state index in [4.69, 9.17) is 15.9 Å². The molecule has 0 atom stereocenters. The Hall–Kier alpha value is -1.92. The molecule has 15 heavy (non-hydrogen) atoms. The molecule has 0 aromatic rings. The van der Waals surface area contributed by atoms with E-state index in [0.717, 1.165) is 5.01 Å². The number of nitrogens with two attached hydrogens (primary N) is 1. The molecule has 0 spiro atoms. The predicted molar refractivity (Wildman–Crippen MR) is 52.1 cm³/mol. The minimum atomic E-state index is -0.446. The number of nitrogens with zero attached hydrogens (tertiary/aromatic N) is 2. The fourth-order valence-corrected chi connectivity index (χ4v) is 1.15. The van der Waals surface area contributed by atoms with E-state index >= 15 is 0 Å². The highest BCUT2D eigenvalue weighted by molar-refractivity contribution is 6.14. The molecule has 0 radical (unpaired) electrons. The van der Waals surface area contributed by atoms with E-state index in [1.165, 1.54) is 0 Å². The van der Waals surface area contributed by atoms with Gasteiger partial charge in [0.1, 0.15) is 0 Å². The lowest BCUT2D eigenvalue weighted by Crippen LogP contribution is -2.33. The van der Waals surface area contributed by atoms with E-state index in [2.05, 4.69) is 5.10 Å². The van der Waals surface area contributed by atoms with Crippen LogP contribution in [0.3, 0.4) is 0 Å². The largest absolute Gasteiger partial charge is 0.466 e. The number of hydrazone groups is 1. The van der Waals surface area contributed by atoms with Crippen molar-refractivity contribution in [1.29, 1.82) is 5.41 Å². The highest BCUT2D eigenvalue weighted by atomic mass is 16.5. The maximum atomic E-state index is 11.2. The lowest BCUT2D eigenvalue weighted by molar-refractivity contribution is -0.141. The second-order valence-corrected chi connectivity index (χ2v) is 2.92. The fourth-order valence-electron chi connectivity index (χ4n) is 1.15. The number of nitrogens with one attached hydrogen (secondary N) is 1. The number of hydrogen-bond donors (Lipinski definition) is 2. The molecule has 3 N–H and O–H groups in total. The molecule has 82 valence electrons. The molecule has 0 aromatic carbocycles. The van der Waals surface area contributed by atoms with Gasteiger partial charge in [-0.05, 0) is 6.92 Å². The van der Waals surface area contributed by atoms with Gasteiger partial charge in [0.25, 0.3) is 5.91 Å². The summed E-state index contributed by atoms with van der Waals surface area (Å²) in [6, 6.07) is 0. The molecule has 0 bridgehead atoms. The zero-order chi connectivity index (χ0) is 11.4. The third-order valence-electron chi connectivity index (χ3n) is 1.71. The van der Waals surface area contributed by atoms with Crippen molar-refractivity contribution in [2.75, 3.05) is 6.61 Å². The van der Waals surface area contributed by atoms with Crippen LogP contribution in [-0.2, 0) is 14.3 Å². The van der Waals surface area contributed by atoms with Crippen LogP contribution in [0.4, 0.5) is 0 Å². The average molecular weight is 212 g/mol.